The number of aryl methyl sites for hydroxylation is 2. The highest BCUT2D eigenvalue weighted by atomic mass is 14.8. The van der Waals surface area contributed by atoms with Crippen molar-refractivity contribution >= 4 is 6.08 Å². The van der Waals surface area contributed by atoms with Crippen molar-refractivity contribution in [1.82, 2.24) is 5.32 Å². The van der Waals surface area contributed by atoms with Gasteiger partial charge in [0.1, 0.15) is 0 Å². The fraction of sp³-hybridized carbons (Fsp3) is 0.385. The van der Waals surface area contributed by atoms with Gasteiger partial charge in [0.05, 0.1) is 0 Å². The van der Waals surface area contributed by atoms with Crippen molar-refractivity contribution in [3.8, 4) is 0 Å². The summed E-state index contributed by atoms with van der Waals surface area (Å²) in [6, 6.07) is 6.79. The van der Waals surface area contributed by atoms with Crippen molar-refractivity contribution in [2.45, 2.75) is 19.3 Å². The predicted octanol–water partition coefficient (Wildman–Crippen LogP) is 2.41. The number of hydrogen-bond donors (Lipinski definition) is 1. The molecule has 0 unspecified atom stereocenters. The molecule has 74 valence electrons. The normalized spacial score (nSPS) is 14.1. The second-order valence-electron chi connectivity index (χ2n) is 3.82. The molecular formula is C13H17N. The van der Waals surface area contributed by atoms with Crippen LogP contribution in [-0.4, -0.2) is 13.6 Å². The highest BCUT2D eigenvalue weighted by Gasteiger charge is 2.11. The third-order valence-electron chi connectivity index (χ3n) is 2.77. The van der Waals surface area contributed by atoms with Crippen LogP contribution in [0.5, 0.6) is 0 Å². The molecule has 0 heterocycles. The van der Waals surface area contributed by atoms with Gasteiger partial charge in [0.15, 0.2) is 0 Å². The molecule has 1 aliphatic carbocycles. The molecule has 1 aliphatic rings. The Balaban J connectivity index is 1.96. The van der Waals surface area contributed by atoms with E-state index < -0.39 is 0 Å². The first-order valence-corrected chi connectivity index (χ1v) is 5.33. The quantitative estimate of drug-likeness (QED) is 0.714. The molecule has 0 saturated heterocycles. The van der Waals surface area contributed by atoms with Gasteiger partial charge in [-0.15, -0.1) is 0 Å². The van der Waals surface area contributed by atoms with Crippen molar-refractivity contribution in [2.75, 3.05) is 13.6 Å². The van der Waals surface area contributed by atoms with Gasteiger partial charge in [-0.2, -0.15) is 0 Å². The van der Waals surface area contributed by atoms with Crippen LogP contribution < -0.4 is 5.32 Å². The molecule has 0 amide bonds. The molecule has 1 nitrogen and oxygen atoms in total. The third-order valence-corrected chi connectivity index (χ3v) is 2.77. The Hall–Kier alpha value is -1.08. The molecule has 0 bridgehead atoms. The number of fused-ring (bicyclic) bond motifs is 1. The van der Waals surface area contributed by atoms with E-state index in [-0.39, 0.29) is 0 Å². The van der Waals surface area contributed by atoms with Gasteiger partial charge in [-0.3, -0.25) is 0 Å². The molecule has 0 aromatic heterocycles. The van der Waals surface area contributed by atoms with Crippen molar-refractivity contribution in [1.29, 1.82) is 0 Å². The lowest BCUT2D eigenvalue weighted by Crippen LogP contribution is -2.07. The Morgan fingerprint density at radius 3 is 2.79 bits per heavy atom. The summed E-state index contributed by atoms with van der Waals surface area (Å²) in [4.78, 5) is 0. The molecule has 0 aliphatic heterocycles. The first-order chi connectivity index (χ1) is 6.90. The monoisotopic (exact) mass is 187 g/mol. The smallest absolute Gasteiger partial charge is 0.00172 e. The number of rotatable bonds is 4. The summed E-state index contributed by atoms with van der Waals surface area (Å²) < 4.78 is 0. The van der Waals surface area contributed by atoms with Crippen LogP contribution in [0, 0.1) is 0 Å². The maximum Gasteiger partial charge on any atom is -0.00172 e. The van der Waals surface area contributed by atoms with Gasteiger partial charge in [-0.25, -0.2) is 0 Å². The number of benzene rings is 1. The van der Waals surface area contributed by atoms with Gasteiger partial charge < -0.3 is 5.32 Å². The topological polar surface area (TPSA) is 12.0 Å². The molecule has 1 N–H and O–H groups in total. The lowest BCUT2D eigenvalue weighted by molar-refractivity contribution is 0.809. The number of hydrogen-bond acceptors (Lipinski definition) is 1. The Bertz CT molecular complexity index is 339. The van der Waals surface area contributed by atoms with E-state index in [1.165, 1.54) is 24.0 Å². The molecule has 0 radical (unpaired) electrons. The van der Waals surface area contributed by atoms with E-state index in [1.807, 2.05) is 7.05 Å². The summed E-state index contributed by atoms with van der Waals surface area (Å²) in [6.07, 6.45) is 8.10. The molecule has 0 saturated carbocycles. The fourth-order valence-electron chi connectivity index (χ4n) is 1.77. The molecule has 14 heavy (non-hydrogen) atoms. The maximum atomic E-state index is 3.13. The van der Waals surface area contributed by atoms with Gasteiger partial charge in [0.2, 0.25) is 0 Å². The molecule has 0 atom stereocenters. The Kier molecular flexibility index (Phi) is 3.00. The third kappa shape index (κ3) is 2.05. The minimum atomic E-state index is 1.06. The lowest BCUT2D eigenvalue weighted by atomic mass is 9.87. The molecular weight excluding hydrogens is 170 g/mol. The summed E-state index contributed by atoms with van der Waals surface area (Å²) in [5.41, 5.74) is 4.43. The second kappa shape index (κ2) is 4.43. The van der Waals surface area contributed by atoms with E-state index >= 15 is 0 Å². The zero-order valence-electron chi connectivity index (χ0n) is 8.72. The second-order valence-corrected chi connectivity index (χ2v) is 3.82. The van der Waals surface area contributed by atoms with Gasteiger partial charge in [0, 0.05) is 0 Å². The van der Waals surface area contributed by atoms with Crippen molar-refractivity contribution in [3.05, 3.63) is 41.0 Å². The van der Waals surface area contributed by atoms with E-state index in [1.54, 1.807) is 5.56 Å². The van der Waals surface area contributed by atoms with Gasteiger partial charge in [-0.1, -0.05) is 30.4 Å². The molecule has 1 heteroatoms. The molecule has 0 fully saturated rings. The van der Waals surface area contributed by atoms with Crippen LogP contribution in [0.15, 0.2) is 24.3 Å². The Labute approximate surface area is 85.8 Å². The van der Waals surface area contributed by atoms with Crippen molar-refractivity contribution in [2.24, 2.45) is 0 Å². The van der Waals surface area contributed by atoms with Crippen molar-refractivity contribution in [3.63, 3.8) is 0 Å². The summed E-state index contributed by atoms with van der Waals surface area (Å²) in [6.45, 7) is 1.06. The van der Waals surface area contributed by atoms with Crippen LogP contribution in [0.3, 0.4) is 0 Å². The van der Waals surface area contributed by atoms with Crippen LogP contribution in [0.4, 0.5) is 0 Å². The van der Waals surface area contributed by atoms with Crippen LogP contribution >= 0.6 is 0 Å². The minimum Gasteiger partial charge on any atom is -0.319 e. The molecule has 2 rings (SSSR count). The summed E-state index contributed by atoms with van der Waals surface area (Å²) in [5.74, 6) is 0. The van der Waals surface area contributed by atoms with E-state index in [0.29, 0.717) is 0 Å². The summed E-state index contributed by atoms with van der Waals surface area (Å²) >= 11 is 0. The van der Waals surface area contributed by atoms with E-state index in [4.69, 9.17) is 0 Å². The average Bonchev–Trinajstić information content (AvgIpc) is 2.16. The van der Waals surface area contributed by atoms with Crippen LogP contribution in [0.2, 0.25) is 0 Å². The minimum absolute atomic E-state index is 1.06. The number of nitrogens with one attached hydrogen (secondary N) is 1. The first-order valence-electron chi connectivity index (χ1n) is 5.33. The molecule has 1 aromatic carbocycles. The van der Waals surface area contributed by atoms with Gasteiger partial charge >= 0.3 is 0 Å². The first kappa shape index (κ1) is 9.47. The predicted molar refractivity (Wildman–Crippen MR) is 61.4 cm³/mol. The average molecular weight is 187 g/mol. The Morgan fingerprint density at radius 1 is 1.29 bits per heavy atom. The zero-order valence-corrected chi connectivity index (χ0v) is 8.72. The fourth-order valence-corrected chi connectivity index (χ4v) is 1.77. The van der Waals surface area contributed by atoms with E-state index in [2.05, 4.69) is 35.7 Å². The highest BCUT2D eigenvalue weighted by Crippen LogP contribution is 2.24. The lowest BCUT2D eigenvalue weighted by Gasteiger charge is -2.18. The van der Waals surface area contributed by atoms with Gasteiger partial charge in [-0.05, 0) is 49.5 Å². The SMILES string of the molecule is CNCCC=Cc1ccc2c(c1)CC2. The molecule has 1 aromatic rings. The maximum absolute atomic E-state index is 3.13. The standard InChI is InChI=1S/C13H17N/c1-14-9-3-2-4-11-5-6-12-7-8-13(12)10-11/h2,4-6,10,14H,3,7-9H2,1H3. The van der Waals surface area contributed by atoms with Crippen LogP contribution in [0.1, 0.15) is 23.1 Å². The van der Waals surface area contributed by atoms with Gasteiger partial charge in [0.25, 0.3) is 0 Å². The van der Waals surface area contributed by atoms with E-state index in [0.717, 1.165) is 13.0 Å². The van der Waals surface area contributed by atoms with Crippen LogP contribution in [-0.2, 0) is 12.8 Å². The zero-order chi connectivity index (χ0) is 9.80. The van der Waals surface area contributed by atoms with Crippen LogP contribution in [0.25, 0.3) is 6.08 Å². The largest absolute Gasteiger partial charge is 0.319 e. The Morgan fingerprint density at radius 2 is 2.14 bits per heavy atom. The highest BCUT2D eigenvalue weighted by molar-refractivity contribution is 5.53. The summed E-state index contributed by atoms with van der Waals surface area (Å²) in [5, 5.41) is 3.13. The van der Waals surface area contributed by atoms with E-state index in [9.17, 15) is 0 Å². The van der Waals surface area contributed by atoms with Crippen molar-refractivity contribution < 1.29 is 0 Å². The summed E-state index contributed by atoms with van der Waals surface area (Å²) in [7, 11) is 1.99. The molecule has 0 spiro atoms.